The van der Waals surface area contributed by atoms with Crippen LogP contribution in [0.25, 0.3) is 11.3 Å². The number of hydrogen-bond acceptors (Lipinski definition) is 5. The van der Waals surface area contributed by atoms with E-state index in [2.05, 4.69) is 29.2 Å². The molecule has 1 amide bonds. The second kappa shape index (κ2) is 7.67. The molecule has 150 valence electrons. The van der Waals surface area contributed by atoms with Gasteiger partial charge in [0.1, 0.15) is 11.6 Å². The van der Waals surface area contributed by atoms with Gasteiger partial charge >= 0.3 is 5.97 Å². The molecule has 0 radical (unpaired) electrons. The number of carbonyl (C=O) groups is 2. The Labute approximate surface area is 160 Å². The second-order valence-electron chi connectivity index (χ2n) is 7.57. The molecule has 2 aromatic rings. The number of amides is 1. The number of aliphatic carboxylic acids is 1. The van der Waals surface area contributed by atoms with Gasteiger partial charge in [-0.2, -0.15) is 0 Å². The van der Waals surface area contributed by atoms with Crippen LogP contribution in [0.3, 0.4) is 0 Å². The van der Waals surface area contributed by atoms with Gasteiger partial charge in [-0.3, -0.25) is 14.5 Å². The Morgan fingerprint density at radius 2 is 2.04 bits per heavy atom. The fourth-order valence-electron chi connectivity index (χ4n) is 3.48. The first-order valence-electron chi connectivity index (χ1n) is 8.86. The minimum atomic E-state index is -1.02. The Morgan fingerprint density at radius 3 is 2.64 bits per heavy atom. The normalized spacial score (nSPS) is 16.0. The molecule has 1 aromatic carbocycles. The summed E-state index contributed by atoms with van der Waals surface area (Å²) in [6.07, 6.45) is -0.218. The van der Waals surface area contributed by atoms with Crippen molar-refractivity contribution in [1.82, 2.24) is 15.4 Å². The summed E-state index contributed by atoms with van der Waals surface area (Å²) in [5, 5.41) is 15.6. The number of halogens is 2. The molecule has 28 heavy (non-hydrogen) atoms. The van der Waals surface area contributed by atoms with Crippen molar-refractivity contribution in [2.75, 3.05) is 19.6 Å². The SMILES string of the molecule is CC(C)CN1CC(CC(=O)O)(NC(=O)c2cc(-c3ccc(F)cc3F)on2)C1. The van der Waals surface area contributed by atoms with Crippen molar-refractivity contribution >= 4 is 11.9 Å². The molecule has 7 nitrogen and oxygen atoms in total. The van der Waals surface area contributed by atoms with Crippen molar-refractivity contribution in [3.05, 3.63) is 41.6 Å². The molecule has 0 spiro atoms. The van der Waals surface area contributed by atoms with Crippen LogP contribution >= 0.6 is 0 Å². The summed E-state index contributed by atoms with van der Waals surface area (Å²) in [4.78, 5) is 25.8. The number of benzene rings is 1. The number of carboxylic acid groups (broad SMARTS) is 1. The van der Waals surface area contributed by atoms with Crippen molar-refractivity contribution in [2.45, 2.75) is 25.8 Å². The molecule has 0 bridgehead atoms. The van der Waals surface area contributed by atoms with Gasteiger partial charge in [-0.05, 0) is 18.1 Å². The smallest absolute Gasteiger partial charge is 0.305 e. The van der Waals surface area contributed by atoms with E-state index in [-0.39, 0.29) is 23.4 Å². The molecular weight excluding hydrogens is 372 g/mol. The van der Waals surface area contributed by atoms with Crippen molar-refractivity contribution in [3.63, 3.8) is 0 Å². The highest BCUT2D eigenvalue weighted by Gasteiger charge is 2.46. The molecule has 1 aromatic heterocycles. The zero-order chi connectivity index (χ0) is 20.5. The number of nitrogens with one attached hydrogen (secondary N) is 1. The van der Waals surface area contributed by atoms with E-state index in [1.165, 1.54) is 12.1 Å². The Kier molecular flexibility index (Phi) is 5.46. The first-order valence-corrected chi connectivity index (χ1v) is 8.86. The van der Waals surface area contributed by atoms with Crippen LogP contribution in [0.4, 0.5) is 8.78 Å². The van der Waals surface area contributed by atoms with Crippen LogP contribution in [0.1, 0.15) is 30.8 Å². The number of likely N-dealkylation sites (tertiary alicyclic amines) is 1. The maximum absolute atomic E-state index is 13.9. The number of carbonyl (C=O) groups excluding carboxylic acids is 1. The molecule has 3 rings (SSSR count). The molecule has 0 atom stereocenters. The number of aromatic nitrogens is 1. The third kappa shape index (κ3) is 4.36. The average Bonchev–Trinajstić information content (AvgIpc) is 3.02. The topological polar surface area (TPSA) is 95.7 Å². The highest BCUT2D eigenvalue weighted by molar-refractivity contribution is 5.94. The van der Waals surface area contributed by atoms with E-state index in [1.807, 2.05) is 0 Å². The van der Waals surface area contributed by atoms with Crippen LogP contribution < -0.4 is 5.32 Å². The van der Waals surface area contributed by atoms with Gasteiger partial charge in [-0.25, -0.2) is 8.78 Å². The van der Waals surface area contributed by atoms with E-state index < -0.39 is 29.0 Å². The highest BCUT2D eigenvalue weighted by Crippen LogP contribution is 2.28. The van der Waals surface area contributed by atoms with E-state index in [1.54, 1.807) is 0 Å². The Balaban J connectivity index is 1.73. The van der Waals surface area contributed by atoms with Gasteiger partial charge in [0.2, 0.25) is 0 Å². The Hall–Kier alpha value is -2.81. The molecular formula is C19H21F2N3O4. The standard InChI is InChI=1S/C19H21F2N3O4/c1-11(2)8-24-9-19(10-24,7-17(25)26)22-18(27)15-6-16(28-23-15)13-4-3-12(20)5-14(13)21/h3-6,11H,7-10H2,1-2H3,(H,22,27)(H,25,26). The summed E-state index contributed by atoms with van der Waals surface area (Å²) in [6, 6.07) is 4.20. The van der Waals surface area contributed by atoms with Crippen LogP contribution in [0.2, 0.25) is 0 Å². The number of carboxylic acids is 1. The fourth-order valence-corrected chi connectivity index (χ4v) is 3.48. The summed E-state index contributed by atoms with van der Waals surface area (Å²) < 4.78 is 31.9. The van der Waals surface area contributed by atoms with E-state index in [9.17, 15) is 23.5 Å². The summed E-state index contributed by atoms with van der Waals surface area (Å²) in [7, 11) is 0. The van der Waals surface area contributed by atoms with Crippen molar-refractivity contribution in [3.8, 4) is 11.3 Å². The lowest BCUT2D eigenvalue weighted by atomic mass is 9.85. The summed E-state index contributed by atoms with van der Waals surface area (Å²) in [5.74, 6) is -2.80. The molecule has 1 fully saturated rings. The summed E-state index contributed by atoms with van der Waals surface area (Å²) in [5.41, 5.74) is -1.02. The molecule has 1 aliphatic heterocycles. The lowest BCUT2D eigenvalue weighted by Gasteiger charge is -2.50. The average molecular weight is 393 g/mol. The van der Waals surface area contributed by atoms with E-state index in [0.717, 1.165) is 12.6 Å². The predicted molar refractivity (Wildman–Crippen MR) is 95.6 cm³/mol. The lowest BCUT2D eigenvalue weighted by molar-refractivity contribution is -0.140. The second-order valence-corrected chi connectivity index (χ2v) is 7.57. The van der Waals surface area contributed by atoms with Crippen LogP contribution in [-0.4, -0.2) is 52.2 Å². The van der Waals surface area contributed by atoms with Gasteiger partial charge in [0.05, 0.1) is 17.5 Å². The molecule has 1 saturated heterocycles. The zero-order valence-electron chi connectivity index (χ0n) is 15.5. The molecule has 0 aliphatic carbocycles. The van der Waals surface area contributed by atoms with Gasteiger partial charge in [-0.15, -0.1) is 0 Å². The molecule has 1 aliphatic rings. The van der Waals surface area contributed by atoms with Gasteiger partial charge in [0.15, 0.2) is 11.5 Å². The lowest BCUT2D eigenvalue weighted by Crippen LogP contribution is -2.71. The minimum Gasteiger partial charge on any atom is -0.481 e. The summed E-state index contributed by atoms with van der Waals surface area (Å²) in [6.45, 7) is 5.75. The zero-order valence-corrected chi connectivity index (χ0v) is 15.5. The molecule has 0 saturated carbocycles. The first-order chi connectivity index (χ1) is 13.2. The van der Waals surface area contributed by atoms with Gasteiger partial charge in [-0.1, -0.05) is 19.0 Å². The molecule has 2 N–H and O–H groups in total. The molecule has 2 heterocycles. The van der Waals surface area contributed by atoms with Gasteiger partial charge < -0.3 is 14.9 Å². The van der Waals surface area contributed by atoms with Gasteiger partial charge in [0.25, 0.3) is 5.91 Å². The third-order valence-corrected chi connectivity index (χ3v) is 4.48. The number of rotatable bonds is 7. The Bertz CT molecular complexity index is 891. The van der Waals surface area contributed by atoms with E-state index in [0.29, 0.717) is 25.1 Å². The summed E-state index contributed by atoms with van der Waals surface area (Å²) >= 11 is 0. The maximum Gasteiger partial charge on any atom is 0.305 e. The van der Waals surface area contributed by atoms with Crippen LogP contribution in [0.5, 0.6) is 0 Å². The minimum absolute atomic E-state index is 0.0232. The predicted octanol–water partition coefficient (Wildman–Crippen LogP) is 2.53. The third-order valence-electron chi connectivity index (χ3n) is 4.48. The van der Waals surface area contributed by atoms with Crippen molar-refractivity contribution < 1.29 is 28.0 Å². The van der Waals surface area contributed by atoms with Crippen LogP contribution in [0.15, 0.2) is 28.8 Å². The van der Waals surface area contributed by atoms with Crippen molar-refractivity contribution in [1.29, 1.82) is 0 Å². The quantitative estimate of drug-likeness (QED) is 0.751. The fraction of sp³-hybridized carbons (Fsp3) is 0.421. The van der Waals surface area contributed by atoms with E-state index >= 15 is 0 Å². The first kappa shape index (κ1) is 19.9. The van der Waals surface area contributed by atoms with E-state index in [4.69, 9.17) is 4.52 Å². The number of nitrogens with zero attached hydrogens (tertiary/aromatic N) is 2. The highest BCUT2D eigenvalue weighted by atomic mass is 19.1. The largest absolute Gasteiger partial charge is 0.481 e. The van der Waals surface area contributed by atoms with Crippen LogP contribution in [0, 0.1) is 17.6 Å². The van der Waals surface area contributed by atoms with Crippen LogP contribution in [-0.2, 0) is 4.79 Å². The Morgan fingerprint density at radius 1 is 1.32 bits per heavy atom. The number of hydrogen-bond donors (Lipinski definition) is 2. The maximum atomic E-state index is 13.9. The van der Waals surface area contributed by atoms with Crippen molar-refractivity contribution in [2.24, 2.45) is 5.92 Å². The monoisotopic (exact) mass is 393 g/mol. The molecule has 0 unspecified atom stereocenters. The van der Waals surface area contributed by atoms with Gasteiger partial charge in [0, 0.05) is 31.8 Å². The molecule has 9 heteroatoms.